The van der Waals surface area contributed by atoms with Crippen LogP contribution in [-0.2, 0) is 6.54 Å². The number of benzene rings is 1. The number of aryl methyl sites for hydroxylation is 2. The van der Waals surface area contributed by atoms with Crippen molar-refractivity contribution in [2.24, 2.45) is 5.73 Å². The van der Waals surface area contributed by atoms with Crippen molar-refractivity contribution in [2.75, 3.05) is 26.6 Å². The Morgan fingerprint density at radius 1 is 1.06 bits per heavy atom. The number of nitrogens with zero attached hydrogens (tertiary/aromatic N) is 3. The van der Waals surface area contributed by atoms with Gasteiger partial charge in [-0.2, -0.15) is 4.98 Å². The summed E-state index contributed by atoms with van der Waals surface area (Å²) in [5, 5.41) is 5.78. The molecule has 0 aliphatic heterocycles. The molecule has 0 fully saturated rings. The van der Waals surface area contributed by atoms with Gasteiger partial charge < -0.3 is 35.1 Å². The van der Waals surface area contributed by atoms with Gasteiger partial charge in [0.05, 0.1) is 21.3 Å². The number of nitrogens with one attached hydrogen (secondary N) is 2. The van der Waals surface area contributed by atoms with E-state index in [1.807, 2.05) is 30.8 Å². The van der Waals surface area contributed by atoms with Crippen molar-refractivity contribution in [2.45, 2.75) is 20.4 Å². The van der Waals surface area contributed by atoms with Crippen molar-refractivity contribution in [3.63, 3.8) is 0 Å². The molecule has 164 valence electrons. The van der Waals surface area contributed by atoms with E-state index in [9.17, 15) is 4.79 Å². The summed E-state index contributed by atoms with van der Waals surface area (Å²) in [6.45, 7) is 4.23. The second kappa shape index (κ2) is 9.24. The quantitative estimate of drug-likeness (QED) is 0.506. The first-order valence-corrected chi connectivity index (χ1v) is 9.48. The van der Waals surface area contributed by atoms with Crippen molar-refractivity contribution in [3.8, 4) is 23.1 Å². The van der Waals surface area contributed by atoms with Gasteiger partial charge in [0.2, 0.25) is 11.7 Å². The smallest absolute Gasteiger partial charge is 0.312 e. The Hall–Kier alpha value is -3.95. The molecule has 0 radical (unpaired) electrons. The Morgan fingerprint density at radius 2 is 1.74 bits per heavy atom. The Morgan fingerprint density at radius 3 is 2.32 bits per heavy atom. The van der Waals surface area contributed by atoms with Crippen LogP contribution in [0.2, 0.25) is 0 Å². The van der Waals surface area contributed by atoms with Crippen LogP contribution >= 0.6 is 0 Å². The second-order valence-electron chi connectivity index (χ2n) is 6.83. The Labute approximate surface area is 180 Å². The van der Waals surface area contributed by atoms with E-state index >= 15 is 0 Å². The number of carbonyl (C=O) groups excluding carboxylic acids is 1. The Bertz CT molecular complexity index is 1070. The van der Waals surface area contributed by atoms with Crippen molar-refractivity contribution in [3.05, 3.63) is 47.4 Å². The van der Waals surface area contributed by atoms with Gasteiger partial charge >= 0.3 is 6.03 Å². The van der Waals surface area contributed by atoms with Crippen LogP contribution in [0.1, 0.15) is 16.7 Å². The number of anilines is 2. The van der Waals surface area contributed by atoms with Crippen molar-refractivity contribution < 1.29 is 19.0 Å². The van der Waals surface area contributed by atoms with E-state index in [0.29, 0.717) is 41.2 Å². The van der Waals surface area contributed by atoms with Crippen LogP contribution < -0.4 is 30.6 Å². The van der Waals surface area contributed by atoms with Crippen molar-refractivity contribution >= 4 is 17.7 Å². The summed E-state index contributed by atoms with van der Waals surface area (Å²) in [5.74, 6) is 2.64. The Balaban J connectivity index is 1.92. The summed E-state index contributed by atoms with van der Waals surface area (Å²) in [6.07, 6.45) is 5.58. The fourth-order valence-electron chi connectivity index (χ4n) is 3.13. The highest BCUT2D eigenvalue weighted by atomic mass is 16.5. The highest BCUT2D eigenvalue weighted by Crippen LogP contribution is 2.40. The molecule has 10 heteroatoms. The minimum absolute atomic E-state index is 0.342. The number of primary amides is 1. The molecule has 2 amide bonds. The lowest BCUT2D eigenvalue weighted by molar-refractivity contribution is 0.248. The van der Waals surface area contributed by atoms with E-state index < -0.39 is 6.03 Å². The summed E-state index contributed by atoms with van der Waals surface area (Å²) < 4.78 is 18.0. The predicted molar refractivity (Wildman–Crippen MR) is 117 cm³/mol. The molecule has 0 bridgehead atoms. The topological polar surface area (TPSA) is 126 Å². The first-order valence-electron chi connectivity index (χ1n) is 9.48. The van der Waals surface area contributed by atoms with Crippen LogP contribution in [0.15, 0.2) is 30.7 Å². The molecule has 4 N–H and O–H groups in total. The molecule has 0 saturated heterocycles. The zero-order valence-corrected chi connectivity index (χ0v) is 18.1. The summed E-state index contributed by atoms with van der Waals surface area (Å²) in [6, 6.07) is 2.98. The van der Waals surface area contributed by atoms with Crippen LogP contribution in [0.25, 0.3) is 5.82 Å². The molecule has 0 saturated carbocycles. The number of hydrogen-bond acceptors (Lipinski definition) is 7. The molecule has 0 atom stereocenters. The predicted octanol–water partition coefficient (Wildman–Crippen LogP) is 2.82. The standard InChI is InChI=1S/C21H26N6O4/c1-12-8-24-21(25-15-6-16(29-3)18(31-5)17(7-15)30-4)26-19(12)27-10-13(2)14(11-27)9-23-20(22)28/h6-8,10-11H,9H2,1-5H3,(H3,22,23,28)(H,24,25,26). The summed E-state index contributed by atoms with van der Waals surface area (Å²) in [5.41, 5.74) is 8.69. The van der Waals surface area contributed by atoms with E-state index in [0.717, 1.165) is 16.7 Å². The number of aromatic nitrogens is 3. The fraction of sp³-hybridized carbons (Fsp3) is 0.286. The SMILES string of the molecule is COc1cc(Nc2ncc(C)c(-n3cc(C)c(CNC(N)=O)c3)n2)cc(OC)c1OC. The highest BCUT2D eigenvalue weighted by Gasteiger charge is 2.15. The van der Waals surface area contributed by atoms with Gasteiger partial charge in [0.15, 0.2) is 11.5 Å². The lowest BCUT2D eigenvalue weighted by Crippen LogP contribution is -2.28. The normalized spacial score (nSPS) is 10.5. The van der Waals surface area contributed by atoms with Gasteiger partial charge in [-0.1, -0.05) is 0 Å². The molecular weight excluding hydrogens is 400 g/mol. The molecule has 10 nitrogen and oxygen atoms in total. The van der Waals surface area contributed by atoms with E-state index in [4.69, 9.17) is 19.9 Å². The third-order valence-corrected chi connectivity index (χ3v) is 4.70. The summed E-state index contributed by atoms with van der Waals surface area (Å²) in [4.78, 5) is 20.1. The largest absolute Gasteiger partial charge is 0.493 e. The van der Waals surface area contributed by atoms with Crippen LogP contribution in [-0.4, -0.2) is 41.9 Å². The lowest BCUT2D eigenvalue weighted by atomic mass is 10.2. The average Bonchev–Trinajstić information content (AvgIpc) is 3.13. The fourth-order valence-corrected chi connectivity index (χ4v) is 3.13. The molecule has 0 spiro atoms. The first-order chi connectivity index (χ1) is 14.9. The summed E-state index contributed by atoms with van der Waals surface area (Å²) >= 11 is 0. The third kappa shape index (κ3) is 4.80. The van der Waals surface area contributed by atoms with Crippen molar-refractivity contribution in [1.29, 1.82) is 0 Å². The number of hydrogen-bond donors (Lipinski definition) is 3. The van der Waals surface area contributed by atoms with E-state index in [1.165, 1.54) is 0 Å². The second-order valence-corrected chi connectivity index (χ2v) is 6.83. The number of amides is 2. The molecule has 31 heavy (non-hydrogen) atoms. The number of nitrogens with two attached hydrogens (primary N) is 1. The molecule has 0 unspecified atom stereocenters. The average molecular weight is 426 g/mol. The van der Waals surface area contributed by atoms with Gasteiger partial charge in [-0.25, -0.2) is 9.78 Å². The Kier molecular flexibility index (Phi) is 6.49. The third-order valence-electron chi connectivity index (χ3n) is 4.70. The van der Waals surface area contributed by atoms with Crippen LogP contribution in [0.4, 0.5) is 16.4 Å². The van der Waals surface area contributed by atoms with Gasteiger partial charge in [-0.3, -0.25) is 0 Å². The maximum absolute atomic E-state index is 11.0. The van der Waals surface area contributed by atoms with Gasteiger partial charge in [-0.05, 0) is 25.0 Å². The van der Waals surface area contributed by atoms with Crippen molar-refractivity contribution in [1.82, 2.24) is 19.9 Å². The zero-order valence-electron chi connectivity index (χ0n) is 18.1. The minimum atomic E-state index is -0.567. The molecule has 3 rings (SSSR count). The zero-order chi connectivity index (χ0) is 22.5. The summed E-state index contributed by atoms with van der Waals surface area (Å²) in [7, 11) is 4.66. The number of ether oxygens (including phenoxy) is 3. The number of carbonyl (C=O) groups is 1. The number of methoxy groups -OCH3 is 3. The monoisotopic (exact) mass is 426 g/mol. The highest BCUT2D eigenvalue weighted by molar-refractivity contribution is 5.71. The number of urea groups is 1. The molecule has 2 heterocycles. The van der Waals surface area contributed by atoms with E-state index in [-0.39, 0.29) is 0 Å². The molecule has 2 aromatic heterocycles. The van der Waals surface area contributed by atoms with Gasteiger partial charge in [0.25, 0.3) is 0 Å². The van der Waals surface area contributed by atoms with Gasteiger partial charge in [0.1, 0.15) is 5.82 Å². The molecule has 0 aliphatic rings. The van der Waals surface area contributed by atoms with Crippen LogP contribution in [0, 0.1) is 13.8 Å². The van der Waals surface area contributed by atoms with E-state index in [2.05, 4.69) is 20.6 Å². The number of rotatable bonds is 8. The van der Waals surface area contributed by atoms with Gasteiger partial charge in [-0.15, -0.1) is 0 Å². The molecule has 0 aliphatic carbocycles. The van der Waals surface area contributed by atoms with E-state index in [1.54, 1.807) is 39.7 Å². The maximum atomic E-state index is 11.0. The maximum Gasteiger partial charge on any atom is 0.312 e. The minimum Gasteiger partial charge on any atom is -0.493 e. The molecule has 1 aromatic carbocycles. The van der Waals surface area contributed by atoms with Crippen LogP contribution in [0.3, 0.4) is 0 Å². The first kappa shape index (κ1) is 21.8. The van der Waals surface area contributed by atoms with Crippen LogP contribution in [0.5, 0.6) is 17.2 Å². The van der Waals surface area contributed by atoms with Gasteiger partial charge in [0, 0.05) is 48.5 Å². The molecular formula is C21H26N6O4. The lowest BCUT2D eigenvalue weighted by Gasteiger charge is -2.15. The molecule has 3 aromatic rings.